The molecule has 0 radical (unpaired) electrons. The first kappa shape index (κ1) is 53.0. The molecular weight excluding hydrogens is 703 g/mol. The van der Waals surface area contributed by atoms with Crippen molar-refractivity contribution in [1.82, 2.24) is 0 Å². The Morgan fingerprint density at radius 2 is 1.00 bits per heavy atom. The topological polar surface area (TPSA) is 102 Å². The number of allylic oxidation sites excluding steroid dienone is 10. The molecule has 0 aromatic heterocycles. The van der Waals surface area contributed by atoms with E-state index in [9.17, 15) is 19.5 Å². The fraction of sp³-hybridized carbons (Fsp3) is 0.729. The summed E-state index contributed by atoms with van der Waals surface area (Å²) >= 11 is 0. The molecule has 0 aliphatic carbocycles. The van der Waals surface area contributed by atoms with Crippen LogP contribution in [0.25, 0.3) is 0 Å². The average molecular weight is 786 g/mol. The van der Waals surface area contributed by atoms with Gasteiger partial charge in [-0.25, -0.2) is 0 Å². The maximum absolute atomic E-state index is 12.7. The summed E-state index contributed by atoms with van der Waals surface area (Å²) < 4.78 is 17.1. The van der Waals surface area contributed by atoms with Crippen LogP contribution in [0, 0.1) is 0 Å². The standard InChI is InChI=1S/C48H83NO7/c1-6-8-10-12-14-16-18-20-22-23-25-27-29-31-33-35-37-39-47(51)56-44(42-54-41-40-45(48(52)53)49(3,4)5)43-55-46(50)38-36-34-32-30-28-26-24-21-19-17-15-13-11-9-7-2/h8,10,14,16,20,22,25,27,31,33,44-45H,6-7,9,11-13,15,17-19,21,23-24,26,28-30,32,34-43H2,1-5H3/b10-8+,16-14+,22-20+,27-25+,33-31+. The van der Waals surface area contributed by atoms with Crippen LogP contribution in [0.1, 0.15) is 174 Å². The molecule has 0 saturated carbocycles. The number of carboxylic acid groups (broad SMARTS) is 1. The minimum atomic E-state index is -1.13. The van der Waals surface area contributed by atoms with Crippen LogP contribution in [-0.2, 0) is 28.6 Å². The molecule has 0 fully saturated rings. The molecular formula is C48H83NO7. The van der Waals surface area contributed by atoms with Crippen molar-refractivity contribution in [1.29, 1.82) is 0 Å². The highest BCUT2D eigenvalue weighted by Gasteiger charge is 2.25. The van der Waals surface area contributed by atoms with Gasteiger partial charge in [-0.1, -0.05) is 164 Å². The van der Waals surface area contributed by atoms with Gasteiger partial charge in [0.1, 0.15) is 12.6 Å². The smallest absolute Gasteiger partial charge is 0.306 e. The molecule has 0 N–H and O–H groups in total. The van der Waals surface area contributed by atoms with Gasteiger partial charge in [0.2, 0.25) is 0 Å². The SMILES string of the molecule is CC/C=C/C/C=C/C/C=C/C/C=C/C/C=C/CCCC(=O)OC(COCCC(C(=O)[O-])[N+](C)(C)C)COC(=O)CCCCCCCCCCCCCCCCC. The summed E-state index contributed by atoms with van der Waals surface area (Å²) in [6, 6.07) is -0.736. The van der Waals surface area contributed by atoms with Crippen molar-refractivity contribution in [2.75, 3.05) is 41.0 Å². The number of hydrogen-bond donors (Lipinski definition) is 0. The largest absolute Gasteiger partial charge is 0.544 e. The molecule has 2 atom stereocenters. The van der Waals surface area contributed by atoms with Crippen LogP contribution in [0.15, 0.2) is 60.8 Å². The molecule has 0 amide bonds. The first-order valence-electron chi connectivity index (χ1n) is 22.3. The number of ether oxygens (including phenoxy) is 3. The zero-order chi connectivity index (χ0) is 41.4. The molecule has 0 heterocycles. The lowest BCUT2D eigenvalue weighted by atomic mass is 10.0. The summed E-state index contributed by atoms with van der Waals surface area (Å²) in [5.41, 5.74) is 0. The lowest BCUT2D eigenvalue weighted by Crippen LogP contribution is -2.55. The molecule has 0 aliphatic rings. The van der Waals surface area contributed by atoms with Gasteiger partial charge < -0.3 is 28.6 Å². The molecule has 8 nitrogen and oxygen atoms in total. The Hall–Kier alpha value is -2.97. The Balaban J connectivity index is 4.44. The molecule has 8 heteroatoms. The number of carbonyl (C=O) groups excluding carboxylic acids is 3. The lowest BCUT2D eigenvalue weighted by Gasteiger charge is -2.34. The number of carbonyl (C=O) groups is 3. The van der Waals surface area contributed by atoms with Crippen molar-refractivity contribution in [2.24, 2.45) is 0 Å². The molecule has 0 saturated heterocycles. The second kappa shape index (κ2) is 38.9. The molecule has 0 rings (SSSR count). The number of hydrogen-bond acceptors (Lipinski definition) is 7. The van der Waals surface area contributed by atoms with Crippen molar-refractivity contribution in [3.63, 3.8) is 0 Å². The highest BCUT2D eigenvalue weighted by Crippen LogP contribution is 2.14. The maximum atomic E-state index is 12.7. The minimum absolute atomic E-state index is 0.0175. The fourth-order valence-corrected chi connectivity index (χ4v) is 6.22. The first-order chi connectivity index (χ1) is 27.1. The Bertz CT molecular complexity index is 1100. The number of likely N-dealkylation sites (N-methyl/N-ethyl adjacent to an activating group) is 1. The van der Waals surface area contributed by atoms with Gasteiger partial charge in [0.05, 0.1) is 40.3 Å². The minimum Gasteiger partial charge on any atom is -0.544 e. The number of rotatable bonds is 39. The number of carboxylic acids is 1. The Labute approximate surface area is 343 Å². The fourth-order valence-electron chi connectivity index (χ4n) is 6.22. The van der Waals surface area contributed by atoms with Crippen LogP contribution < -0.4 is 5.11 Å². The summed E-state index contributed by atoms with van der Waals surface area (Å²) in [7, 11) is 5.38. The summed E-state index contributed by atoms with van der Waals surface area (Å²) in [6.45, 7) is 4.49. The van der Waals surface area contributed by atoms with Gasteiger partial charge in [0, 0.05) is 19.3 Å². The van der Waals surface area contributed by atoms with E-state index in [0.29, 0.717) is 12.8 Å². The van der Waals surface area contributed by atoms with E-state index in [1.54, 1.807) is 21.1 Å². The zero-order valence-corrected chi connectivity index (χ0v) is 36.5. The first-order valence-corrected chi connectivity index (χ1v) is 22.3. The molecule has 56 heavy (non-hydrogen) atoms. The number of aliphatic carboxylic acids is 1. The quantitative estimate of drug-likeness (QED) is 0.0265. The third-order valence-corrected chi connectivity index (χ3v) is 9.67. The molecule has 322 valence electrons. The van der Waals surface area contributed by atoms with Gasteiger partial charge in [-0.15, -0.1) is 0 Å². The summed E-state index contributed by atoms with van der Waals surface area (Å²) in [5.74, 6) is -1.81. The van der Waals surface area contributed by atoms with Gasteiger partial charge in [0.15, 0.2) is 6.10 Å². The van der Waals surface area contributed by atoms with Gasteiger partial charge in [-0.3, -0.25) is 9.59 Å². The van der Waals surface area contributed by atoms with Crippen LogP contribution in [0.2, 0.25) is 0 Å². The van der Waals surface area contributed by atoms with E-state index in [0.717, 1.165) is 57.8 Å². The highest BCUT2D eigenvalue weighted by molar-refractivity contribution is 5.70. The van der Waals surface area contributed by atoms with Crippen molar-refractivity contribution < 1.29 is 38.2 Å². The number of quaternary nitrogens is 1. The lowest BCUT2D eigenvalue weighted by molar-refractivity contribution is -0.889. The Morgan fingerprint density at radius 3 is 1.46 bits per heavy atom. The van der Waals surface area contributed by atoms with Gasteiger partial charge in [-0.2, -0.15) is 0 Å². The summed E-state index contributed by atoms with van der Waals surface area (Å²) in [6.07, 6.45) is 46.8. The second-order valence-electron chi connectivity index (χ2n) is 15.9. The van der Waals surface area contributed by atoms with Gasteiger partial charge >= 0.3 is 11.9 Å². The van der Waals surface area contributed by atoms with Crippen LogP contribution in [0.3, 0.4) is 0 Å². The molecule has 0 aliphatic heterocycles. The van der Waals surface area contributed by atoms with Crippen molar-refractivity contribution in [3.05, 3.63) is 60.8 Å². The second-order valence-corrected chi connectivity index (χ2v) is 15.9. The van der Waals surface area contributed by atoms with E-state index in [4.69, 9.17) is 14.2 Å². The Morgan fingerprint density at radius 1 is 0.554 bits per heavy atom. The van der Waals surface area contributed by atoms with Gasteiger partial charge in [-0.05, 0) is 51.4 Å². The zero-order valence-electron chi connectivity index (χ0n) is 36.5. The monoisotopic (exact) mass is 786 g/mol. The Kier molecular flexibility index (Phi) is 36.8. The molecule has 0 aromatic carbocycles. The van der Waals surface area contributed by atoms with E-state index < -0.39 is 18.1 Å². The van der Waals surface area contributed by atoms with Crippen LogP contribution >= 0.6 is 0 Å². The predicted molar refractivity (Wildman–Crippen MR) is 231 cm³/mol. The summed E-state index contributed by atoms with van der Waals surface area (Å²) in [4.78, 5) is 36.8. The van der Waals surface area contributed by atoms with Crippen LogP contribution in [0.4, 0.5) is 0 Å². The number of nitrogens with zero attached hydrogens (tertiary/aromatic N) is 1. The van der Waals surface area contributed by atoms with E-state index >= 15 is 0 Å². The van der Waals surface area contributed by atoms with Crippen molar-refractivity contribution >= 4 is 17.9 Å². The normalized spacial score (nSPS) is 13.5. The van der Waals surface area contributed by atoms with Gasteiger partial charge in [0.25, 0.3) is 0 Å². The maximum Gasteiger partial charge on any atom is 0.306 e. The highest BCUT2D eigenvalue weighted by atomic mass is 16.6. The summed E-state index contributed by atoms with van der Waals surface area (Å²) in [5, 5.41) is 11.6. The van der Waals surface area contributed by atoms with E-state index in [1.807, 2.05) is 0 Å². The third-order valence-electron chi connectivity index (χ3n) is 9.67. The van der Waals surface area contributed by atoms with Crippen LogP contribution in [-0.4, -0.2) is 75.5 Å². The van der Waals surface area contributed by atoms with Crippen LogP contribution in [0.5, 0.6) is 0 Å². The van der Waals surface area contributed by atoms with E-state index in [2.05, 4.69) is 74.6 Å². The molecule has 0 aromatic rings. The molecule has 0 spiro atoms. The molecule has 0 bridgehead atoms. The molecule has 2 unspecified atom stereocenters. The van der Waals surface area contributed by atoms with Crippen molar-refractivity contribution in [2.45, 2.75) is 187 Å². The van der Waals surface area contributed by atoms with E-state index in [-0.39, 0.29) is 49.1 Å². The number of unbranched alkanes of at least 4 members (excludes halogenated alkanes) is 15. The van der Waals surface area contributed by atoms with Crippen molar-refractivity contribution in [3.8, 4) is 0 Å². The number of esters is 2. The predicted octanol–water partition coefficient (Wildman–Crippen LogP) is 10.9. The van der Waals surface area contributed by atoms with E-state index in [1.165, 1.54) is 77.0 Å². The average Bonchev–Trinajstić information content (AvgIpc) is 3.15. The third kappa shape index (κ3) is 36.7.